The van der Waals surface area contributed by atoms with Crippen molar-refractivity contribution in [1.82, 2.24) is 0 Å². The van der Waals surface area contributed by atoms with Crippen molar-refractivity contribution < 1.29 is 14.3 Å². The van der Waals surface area contributed by atoms with E-state index < -0.39 is 11.6 Å². The van der Waals surface area contributed by atoms with E-state index in [1.54, 1.807) is 43.3 Å². The molecule has 0 saturated heterocycles. The second-order valence-electron chi connectivity index (χ2n) is 5.42. The van der Waals surface area contributed by atoms with Gasteiger partial charge in [0.05, 0.1) is 5.56 Å². The number of hydrogen-bond donors (Lipinski definition) is 1. The summed E-state index contributed by atoms with van der Waals surface area (Å²) in [5.41, 5.74) is 0.697. The second-order valence-corrected chi connectivity index (χ2v) is 5.85. The Kier molecular flexibility index (Phi) is 3.62. The fraction of sp³-hybridized carbons (Fsp3) is 0.176. The van der Waals surface area contributed by atoms with Crippen molar-refractivity contribution in [2.24, 2.45) is 0 Å². The monoisotopic (exact) mass is 315 g/mol. The Morgan fingerprint density at radius 3 is 2.59 bits per heavy atom. The molecule has 1 amide bonds. The van der Waals surface area contributed by atoms with Crippen LogP contribution in [0.15, 0.2) is 48.5 Å². The summed E-state index contributed by atoms with van der Waals surface area (Å²) in [6.07, 6.45) is 0.342. The minimum Gasteiger partial charge on any atom is -0.445 e. The van der Waals surface area contributed by atoms with Crippen molar-refractivity contribution in [2.75, 3.05) is 5.32 Å². The summed E-state index contributed by atoms with van der Waals surface area (Å²) in [5, 5.41) is 3.34. The smallest absolute Gasteiger partial charge is 0.339 e. The van der Waals surface area contributed by atoms with Crippen LogP contribution in [-0.2, 0) is 16.0 Å². The predicted octanol–water partition coefficient (Wildman–Crippen LogP) is 3.45. The van der Waals surface area contributed by atoms with Gasteiger partial charge in [-0.1, -0.05) is 29.8 Å². The number of carbonyl (C=O) groups excluding carboxylic acids is 2. The Morgan fingerprint density at radius 1 is 1.18 bits per heavy atom. The van der Waals surface area contributed by atoms with Gasteiger partial charge in [-0.05, 0) is 42.8 Å². The summed E-state index contributed by atoms with van der Waals surface area (Å²) < 4.78 is 5.38. The molecule has 0 aromatic heterocycles. The number of esters is 1. The van der Waals surface area contributed by atoms with Gasteiger partial charge in [-0.3, -0.25) is 4.79 Å². The molecule has 0 radical (unpaired) electrons. The van der Waals surface area contributed by atoms with Crippen molar-refractivity contribution in [1.29, 1.82) is 0 Å². The average molecular weight is 316 g/mol. The van der Waals surface area contributed by atoms with E-state index >= 15 is 0 Å². The molecule has 22 heavy (non-hydrogen) atoms. The molecule has 1 heterocycles. The van der Waals surface area contributed by atoms with Gasteiger partial charge in [-0.15, -0.1) is 0 Å². The molecule has 2 aromatic rings. The zero-order chi connectivity index (χ0) is 15.7. The van der Waals surface area contributed by atoms with Gasteiger partial charge in [0.2, 0.25) is 0 Å². The third-order valence-corrected chi connectivity index (χ3v) is 3.92. The average Bonchev–Trinajstić information content (AvgIpc) is 2.49. The van der Waals surface area contributed by atoms with Gasteiger partial charge in [0.15, 0.2) is 5.60 Å². The Morgan fingerprint density at radius 2 is 1.86 bits per heavy atom. The van der Waals surface area contributed by atoms with Crippen molar-refractivity contribution in [3.63, 3.8) is 0 Å². The Bertz CT molecular complexity index is 742. The number of benzene rings is 2. The molecule has 5 heteroatoms. The van der Waals surface area contributed by atoms with Gasteiger partial charge in [0, 0.05) is 17.1 Å². The van der Waals surface area contributed by atoms with E-state index in [2.05, 4.69) is 5.32 Å². The molecule has 1 aliphatic rings. The molecule has 1 atom stereocenters. The fourth-order valence-corrected chi connectivity index (χ4v) is 2.58. The number of ether oxygens (including phenoxy) is 1. The van der Waals surface area contributed by atoms with Crippen molar-refractivity contribution in [2.45, 2.75) is 18.9 Å². The third-order valence-electron chi connectivity index (χ3n) is 3.67. The summed E-state index contributed by atoms with van der Waals surface area (Å²) in [5.74, 6) is -0.840. The molecule has 2 aromatic carbocycles. The number of cyclic esters (lactones) is 1. The molecular formula is C17H14ClNO3. The number of rotatable bonds is 2. The molecule has 1 aliphatic heterocycles. The molecule has 0 spiro atoms. The number of hydrogen-bond acceptors (Lipinski definition) is 3. The van der Waals surface area contributed by atoms with Gasteiger partial charge in [-0.25, -0.2) is 4.79 Å². The molecule has 0 saturated carbocycles. The summed E-state index contributed by atoms with van der Waals surface area (Å²) in [4.78, 5) is 24.6. The Balaban J connectivity index is 1.83. The van der Waals surface area contributed by atoms with Gasteiger partial charge >= 0.3 is 5.97 Å². The molecule has 4 nitrogen and oxygen atoms in total. The first kappa shape index (κ1) is 14.6. The van der Waals surface area contributed by atoms with Crippen LogP contribution in [0.5, 0.6) is 0 Å². The van der Waals surface area contributed by atoms with Crippen LogP contribution in [0.4, 0.5) is 5.69 Å². The lowest BCUT2D eigenvalue weighted by molar-refractivity contribution is -0.134. The topological polar surface area (TPSA) is 55.4 Å². The first-order valence-electron chi connectivity index (χ1n) is 6.86. The second kappa shape index (κ2) is 5.46. The largest absolute Gasteiger partial charge is 0.445 e. The van der Waals surface area contributed by atoms with E-state index in [9.17, 15) is 9.59 Å². The highest BCUT2D eigenvalue weighted by Gasteiger charge is 2.42. The van der Waals surface area contributed by atoms with E-state index in [0.29, 0.717) is 22.7 Å². The highest BCUT2D eigenvalue weighted by Crippen LogP contribution is 2.29. The standard InChI is InChI=1S/C17H14ClNO3/c1-17(16(21)19-13-8-6-12(18)7-9-13)10-11-4-2-3-5-14(11)15(20)22-17/h2-9H,10H2,1H3,(H,19,21)/t17-/m0/s1. The van der Waals surface area contributed by atoms with Crippen molar-refractivity contribution in [3.05, 3.63) is 64.7 Å². The van der Waals surface area contributed by atoms with Crippen LogP contribution >= 0.6 is 11.6 Å². The van der Waals surface area contributed by atoms with Gasteiger partial charge in [-0.2, -0.15) is 0 Å². The number of amides is 1. The maximum Gasteiger partial charge on any atom is 0.339 e. The summed E-state index contributed by atoms with van der Waals surface area (Å²) >= 11 is 5.82. The Labute approximate surface area is 133 Å². The number of carbonyl (C=O) groups is 2. The lowest BCUT2D eigenvalue weighted by Gasteiger charge is -2.33. The van der Waals surface area contributed by atoms with Crippen molar-refractivity contribution >= 4 is 29.2 Å². The molecule has 0 aliphatic carbocycles. The SMILES string of the molecule is C[C@@]1(C(=O)Nc2ccc(Cl)cc2)Cc2ccccc2C(=O)O1. The highest BCUT2D eigenvalue weighted by atomic mass is 35.5. The van der Waals surface area contributed by atoms with Crippen LogP contribution in [0, 0.1) is 0 Å². The predicted molar refractivity (Wildman–Crippen MR) is 84.0 cm³/mol. The Hall–Kier alpha value is -2.33. The van der Waals surface area contributed by atoms with E-state index in [-0.39, 0.29) is 5.91 Å². The lowest BCUT2D eigenvalue weighted by Crippen LogP contribution is -2.48. The maximum absolute atomic E-state index is 12.5. The maximum atomic E-state index is 12.5. The third kappa shape index (κ3) is 2.70. The molecule has 0 bridgehead atoms. The zero-order valence-electron chi connectivity index (χ0n) is 11.9. The minimum atomic E-state index is -1.23. The molecular weight excluding hydrogens is 302 g/mol. The van der Waals surface area contributed by atoms with Crippen LogP contribution in [-0.4, -0.2) is 17.5 Å². The molecule has 0 unspecified atom stereocenters. The van der Waals surface area contributed by atoms with Crippen LogP contribution < -0.4 is 5.32 Å². The van der Waals surface area contributed by atoms with Gasteiger partial charge < -0.3 is 10.1 Å². The number of anilines is 1. The van der Waals surface area contributed by atoms with Crippen LogP contribution in [0.25, 0.3) is 0 Å². The fourth-order valence-electron chi connectivity index (χ4n) is 2.46. The molecule has 0 fully saturated rings. The first-order valence-corrected chi connectivity index (χ1v) is 7.24. The number of nitrogens with one attached hydrogen (secondary N) is 1. The number of fused-ring (bicyclic) bond motifs is 1. The number of halogens is 1. The summed E-state index contributed by atoms with van der Waals surface area (Å²) in [6.45, 7) is 1.62. The van der Waals surface area contributed by atoms with Crippen molar-refractivity contribution in [3.8, 4) is 0 Å². The molecule has 112 valence electrons. The minimum absolute atomic E-state index is 0.342. The summed E-state index contributed by atoms with van der Waals surface area (Å²) in [7, 11) is 0. The normalized spacial score (nSPS) is 20.0. The van der Waals surface area contributed by atoms with Gasteiger partial charge in [0.25, 0.3) is 5.91 Å². The van der Waals surface area contributed by atoms with Crippen LogP contribution in [0.2, 0.25) is 5.02 Å². The van der Waals surface area contributed by atoms with E-state index in [0.717, 1.165) is 5.56 Å². The molecule has 3 rings (SSSR count). The van der Waals surface area contributed by atoms with E-state index in [1.165, 1.54) is 0 Å². The first-order chi connectivity index (χ1) is 10.5. The zero-order valence-corrected chi connectivity index (χ0v) is 12.7. The van der Waals surface area contributed by atoms with Gasteiger partial charge in [0.1, 0.15) is 0 Å². The summed E-state index contributed by atoms with van der Waals surface area (Å²) in [6, 6.07) is 13.9. The van der Waals surface area contributed by atoms with Crippen LogP contribution in [0.3, 0.4) is 0 Å². The molecule has 1 N–H and O–H groups in total. The lowest BCUT2D eigenvalue weighted by atomic mass is 9.89. The highest BCUT2D eigenvalue weighted by molar-refractivity contribution is 6.30. The van der Waals surface area contributed by atoms with E-state index in [1.807, 2.05) is 12.1 Å². The van der Waals surface area contributed by atoms with Crippen LogP contribution in [0.1, 0.15) is 22.8 Å². The van der Waals surface area contributed by atoms with E-state index in [4.69, 9.17) is 16.3 Å². The quantitative estimate of drug-likeness (QED) is 0.864.